The molecule has 0 radical (unpaired) electrons. The average Bonchev–Trinajstić information content (AvgIpc) is 2.77. The molecule has 0 aliphatic rings. The number of aryl methyl sites for hydroxylation is 1. The maximum Gasteiger partial charge on any atom is 0.419 e. The number of benzene rings is 2. The van der Waals surface area contributed by atoms with Gasteiger partial charge in [0.2, 0.25) is 0 Å². The fraction of sp³-hybridized carbons (Fsp3) is 0.0714. The summed E-state index contributed by atoms with van der Waals surface area (Å²) >= 11 is 0. The summed E-state index contributed by atoms with van der Waals surface area (Å²) in [5, 5.41) is 0. The van der Waals surface area contributed by atoms with Gasteiger partial charge in [-0.15, -0.1) is 0 Å². The van der Waals surface area contributed by atoms with E-state index in [1.807, 2.05) is 0 Å². The van der Waals surface area contributed by atoms with Gasteiger partial charge in [-0.2, -0.15) is 0 Å². The zero-order chi connectivity index (χ0) is 16.8. The van der Waals surface area contributed by atoms with Crippen molar-refractivity contribution in [2.75, 3.05) is 4.72 Å². The molecule has 0 bridgehead atoms. The van der Waals surface area contributed by atoms with Gasteiger partial charge < -0.3 is 4.42 Å². The topological polar surface area (TPSA) is 81.3 Å². The third-order valence-electron chi connectivity index (χ3n) is 3.25. The van der Waals surface area contributed by atoms with Crippen molar-refractivity contribution in [2.24, 2.45) is 7.05 Å². The molecule has 6 nitrogen and oxygen atoms in total. The van der Waals surface area contributed by atoms with E-state index < -0.39 is 27.4 Å². The highest BCUT2D eigenvalue weighted by Crippen LogP contribution is 2.21. The molecule has 23 heavy (non-hydrogen) atoms. The second kappa shape index (κ2) is 5.20. The van der Waals surface area contributed by atoms with Gasteiger partial charge in [0.25, 0.3) is 10.0 Å². The standard InChI is InChI=1S/C14H10F2N2O4S/c1-18-12-5-3-9(7-13(12)22-14(18)19)23(20,21)17-8-2-4-10(15)11(16)6-8/h2-7,17H,1H3. The van der Waals surface area contributed by atoms with Crippen LogP contribution >= 0.6 is 0 Å². The molecule has 0 saturated heterocycles. The van der Waals surface area contributed by atoms with Crippen molar-refractivity contribution < 1.29 is 21.6 Å². The number of sulfonamides is 1. The smallest absolute Gasteiger partial charge is 0.408 e. The van der Waals surface area contributed by atoms with Crippen LogP contribution in [0, 0.1) is 11.6 Å². The third kappa shape index (κ3) is 2.70. The van der Waals surface area contributed by atoms with E-state index >= 15 is 0 Å². The molecule has 9 heteroatoms. The Bertz CT molecular complexity index is 1070. The quantitative estimate of drug-likeness (QED) is 0.793. The Labute approximate surface area is 129 Å². The molecule has 0 unspecified atom stereocenters. The SMILES string of the molecule is Cn1c(=O)oc2cc(S(=O)(=O)Nc3ccc(F)c(F)c3)ccc21. The molecule has 0 amide bonds. The molecule has 0 fully saturated rings. The van der Waals surface area contributed by atoms with E-state index in [2.05, 4.69) is 4.72 Å². The summed E-state index contributed by atoms with van der Waals surface area (Å²) in [6.07, 6.45) is 0. The Hall–Kier alpha value is -2.68. The summed E-state index contributed by atoms with van der Waals surface area (Å²) in [5.41, 5.74) is 0.408. The molecule has 0 saturated carbocycles. The van der Waals surface area contributed by atoms with Crippen LogP contribution in [0.3, 0.4) is 0 Å². The number of halogens is 2. The minimum absolute atomic E-state index is 0.102. The number of aromatic nitrogens is 1. The first kappa shape index (κ1) is 15.2. The maximum atomic E-state index is 13.2. The van der Waals surface area contributed by atoms with E-state index in [1.54, 1.807) is 0 Å². The van der Waals surface area contributed by atoms with Crippen molar-refractivity contribution in [2.45, 2.75) is 4.90 Å². The van der Waals surface area contributed by atoms with Crippen LogP contribution in [-0.4, -0.2) is 13.0 Å². The molecule has 1 aromatic heterocycles. The first-order valence-corrected chi connectivity index (χ1v) is 7.84. The lowest BCUT2D eigenvalue weighted by atomic mass is 10.3. The van der Waals surface area contributed by atoms with Crippen molar-refractivity contribution in [1.82, 2.24) is 4.57 Å². The van der Waals surface area contributed by atoms with Gasteiger partial charge in [-0.25, -0.2) is 22.0 Å². The van der Waals surface area contributed by atoms with Crippen LogP contribution in [0.4, 0.5) is 14.5 Å². The number of rotatable bonds is 3. The average molecular weight is 340 g/mol. The van der Waals surface area contributed by atoms with Crippen LogP contribution in [0.15, 0.2) is 50.5 Å². The van der Waals surface area contributed by atoms with E-state index in [4.69, 9.17) is 4.42 Å². The number of nitrogens with one attached hydrogen (secondary N) is 1. The molecule has 0 aliphatic carbocycles. The summed E-state index contributed by atoms with van der Waals surface area (Å²) in [5.74, 6) is -2.88. The van der Waals surface area contributed by atoms with Gasteiger partial charge in [0.15, 0.2) is 17.2 Å². The predicted octanol–water partition coefficient (Wildman–Crippen LogP) is 2.21. The minimum atomic E-state index is -4.05. The zero-order valence-corrected chi connectivity index (χ0v) is 12.5. The van der Waals surface area contributed by atoms with E-state index in [-0.39, 0.29) is 16.2 Å². The Morgan fingerprint density at radius 3 is 2.52 bits per heavy atom. The summed E-state index contributed by atoms with van der Waals surface area (Å²) in [7, 11) is -2.56. The summed E-state index contributed by atoms with van der Waals surface area (Å²) in [6.45, 7) is 0. The molecule has 3 rings (SSSR count). The van der Waals surface area contributed by atoms with Gasteiger partial charge >= 0.3 is 5.76 Å². The van der Waals surface area contributed by atoms with Gasteiger partial charge in [-0.1, -0.05) is 0 Å². The van der Waals surface area contributed by atoms with Gasteiger partial charge in [0, 0.05) is 19.2 Å². The van der Waals surface area contributed by atoms with Crippen molar-refractivity contribution >= 4 is 26.8 Å². The number of hydrogen-bond acceptors (Lipinski definition) is 4. The van der Waals surface area contributed by atoms with Crippen molar-refractivity contribution in [3.8, 4) is 0 Å². The zero-order valence-electron chi connectivity index (χ0n) is 11.7. The largest absolute Gasteiger partial charge is 0.419 e. The maximum absolute atomic E-state index is 13.2. The van der Waals surface area contributed by atoms with E-state index in [0.717, 1.165) is 18.2 Å². The fourth-order valence-electron chi connectivity index (χ4n) is 2.06. The molecular weight excluding hydrogens is 330 g/mol. The van der Waals surface area contributed by atoms with Gasteiger partial charge in [0.05, 0.1) is 16.1 Å². The van der Waals surface area contributed by atoms with Crippen LogP contribution in [0.5, 0.6) is 0 Å². The van der Waals surface area contributed by atoms with Crippen LogP contribution in [0.25, 0.3) is 11.1 Å². The minimum Gasteiger partial charge on any atom is -0.408 e. The molecule has 2 aromatic carbocycles. The highest BCUT2D eigenvalue weighted by atomic mass is 32.2. The second-order valence-electron chi connectivity index (χ2n) is 4.79. The van der Waals surface area contributed by atoms with Gasteiger partial charge in [0.1, 0.15) is 0 Å². The molecule has 0 aliphatic heterocycles. The van der Waals surface area contributed by atoms with E-state index in [1.165, 1.54) is 29.8 Å². The molecule has 3 aromatic rings. The summed E-state index contributed by atoms with van der Waals surface area (Å²) in [4.78, 5) is 11.2. The molecule has 120 valence electrons. The van der Waals surface area contributed by atoms with Crippen LogP contribution in [0.1, 0.15) is 0 Å². The summed E-state index contributed by atoms with van der Waals surface area (Å²) in [6, 6.07) is 6.51. The normalized spacial score (nSPS) is 11.8. The van der Waals surface area contributed by atoms with Gasteiger partial charge in [-0.05, 0) is 24.3 Å². The van der Waals surface area contributed by atoms with Crippen molar-refractivity contribution in [3.63, 3.8) is 0 Å². The predicted molar refractivity (Wildman–Crippen MR) is 78.6 cm³/mol. The summed E-state index contributed by atoms with van der Waals surface area (Å²) < 4.78 is 58.9. The Morgan fingerprint density at radius 2 is 1.83 bits per heavy atom. The molecule has 1 N–H and O–H groups in total. The second-order valence-corrected chi connectivity index (χ2v) is 6.47. The van der Waals surface area contributed by atoms with E-state index in [9.17, 15) is 22.0 Å². The van der Waals surface area contributed by atoms with Crippen LogP contribution < -0.4 is 10.5 Å². The lowest BCUT2D eigenvalue weighted by Crippen LogP contribution is -2.13. The Balaban J connectivity index is 2.01. The molecular formula is C14H10F2N2O4S. The first-order chi connectivity index (χ1) is 10.8. The molecule has 0 spiro atoms. The van der Waals surface area contributed by atoms with E-state index in [0.29, 0.717) is 5.52 Å². The van der Waals surface area contributed by atoms with Crippen LogP contribution in [0.2, 0.25) is 0 Å². The monoisotopic (exact) mass is 340 g/mol. The number of hydrogen-bond donors (Lipinski definition) is 1. The Morgan fingerprint density at radius 1 is 1.09 bits per heavy atom. The lowest BCUT2D eigenvalue weighted by molar-refractivity contribution is 0.509. The highest BCUT2D eigenvalue weighted by Gasteiger charge is 2.17. The van der Waals surface area contributed by atoms with Crippen LogP contribution in [-0.2, 0) is 17.1 Å². The number of fused-ring (bicyclic) bond motifs is 1. The number of anilines is 1. The lowest BCUT2D eigenvalue weighted by Gasteiger charge is -2.08. The highest BCUT2D eigenvalue weighted by molar-refractivity contribution is 7.92. The van der Waals surface area contributed by atoms with Gasteiger partial charge in [-0.3, -0.25) is 9.29 Å². The number of nitrogens with zero attached hydrogens (tertiary/aromatic N) is 1. The fourth-order valence-corrected chi connectivity index (χ4v) is 3.12. The first-order valence-electron chi connectivity index (χ1n) is 6.35. The number of oxazole rings is 1. The van der Waals surface area contributed by atoms with Crippen molar-refractivity contribution in [3.05, 3.63) is 58.6 Å². The Kier molecular flexibility index (Phi) is 3.44. The molecule has 0 atom stereocenters. The third-order valence-corrected chi connectivity index (χ3v) is 4.62. The van der Waals surface area contributed by atoms with Crippen molar-refractivity contribution in [1.29, 1.82) is 0 Å². The molecule has 1 heterocycles.